The SMILES string of the molecule is Cc1cnc2c(c1)OCCN2c1ccc2cnc(CNC(=O)O)cc2n1. The Balaban J connectivity index is 1.70. The molecule has 132 valence electrons. The molecule has 0 spiro atoms. The molecule has 0 bridgehead atoms. The van der Waals surface area contributed by atoms with Crippen molar-refractivity contribution < 1.29 is 14.6 Å². The van der Waals surface area contributed by atoms with E-state index in [4.69, 9.17) is 14.8 Å². The van der Waals surface area contributed by atoms with E-state index in [-0.39, 0.29) is 6.54 Å². The number of nitrogens with one attached hydrogen (secondary N) is 1. The van der Waals surface area contributed by atoms with Crippen LogP contribution in [0.2, 0.25) is 0 Å². The van der Waals surface area contributed by atoms with E-state index in [1.807, 2.05) is 30.0 Å². The molecule has 0 aliphatic carbocycles. The fraction of sp³-hybridized carbons (Fsp3) is 0.222. The summed E-state index contributed by atoms with van der Waals surface area (Å²) < 4.78 is 5.71. The third-order valence-corrected chi connectivity index (χ3v) is 4.11. The van der Waals surface area contributed by atoms with Gasteiger partial charge in [0.25, 0.3) is 0 Å². The third kappa shape index (κ3) is 3.08. The van der Waals surface area contributed by atoms with Crippen LogP contribution < -0.4 is 15.0 Å². The summed E-state index contributed by atoms with van der Waals surface area (Å²) in [7, 11) is 0. The van der Waals surface area contributed by atoms with Gasteiger partial charge in [0.1, 0.15) is 12.4 Å². The maximum absolute atomic E-state index is 10.7. The topological polar surface area (TPSA) is 100 Å². The molecule has 26 heavy (non-hydrogen) atoms. The zero-order chi connectivity index (χ0) is 18.1. The number of pyridine rings is 3. The van der Waals surface area contributed by atoms with Crippen molar-refractivity contribution in [1.82, 2.24) is 20.3 Å². The van der Waals surface area contributed by atoms with Gasteiger partial charge >= 0.3 is 6.09 Å². The van der Waals surface area contributed by atoms with Crippen molar-refractivity contribution in [3.05, 3.63) is 47.9 Å². The summed E-state index contributed by atoms with van der Waals surface area (Å²) >= 11 is 0. The van der Waals surface area contributed by atoms with Crippen molar-refractivity contribution in [2.45, 2.75) is 13.5 Å². The van der Waals surface area contributed by atoms with Crippen LogP contribution in [0.25, 0.3) is 10.9 Å². The number of hydrogen-bond donors (Lipinski definition) is 2. The van der Waals surface area contributed by atoms with Crippen LogP contribution in [-0.2, 0) is 6.54 Å². The molecule has 0 aromatic carbocycles. The summed E-state index contributed by atoms with van der Waals surface area (Å²) in [5.41, 5.74) is 2.40. The molecule has 3 aromatic rings. The molecule has 4 heterocycles. The standard InChI is InChI=1S/C18H17N5O3/c1-11-6-15-17(20-8-11)23(4-5-26-15)16-3-2-12-9-19-13(7-14(12)22-16)10-21-18(24)25/h2-3,6-9,21H,4-5,10H2,1H3,(H,24,25). The quantitative estimate of drug-likeness (QED) is 0.748. The van der Waals surface area contributed by atoms with Gasteiger partial charge in [-0.05, 0) is 36.8 Å². The van der Waals surface area contributed by atoms with Crippen LogP contribution in [-0.4, -0.2) is 39.3 Å². The van der Waals surface area contributed by atoms with Crippen molar-refractivity contribution >= 4 is 28.6 Å². The fourth-order valence-corrected chi connectivity index (χ4v) is 2.88. The predicted molar refractivity (Wildman–Crippen MR) is 95.9 cm³/mol. The lowest BCUT2D eigenvalue weighted by Crippen LogP contribution is -2.30. The fourth-order valence-electron chi connectivity index (χ4n) is 2.88. The lowest BCUT2D eigenvalue weighted by atomic mass is 10.2. The second-order valence-corrected chi connectivity index (χ2v) is 6.03. The Bertz CT molecular complexity index is 992. The van der Waals surface area contributed by atoms with Gasteiger partial charge in [0.15, 0.2) is 11.6 Å². The van der Waals surface area contributed by atoms with Crippen molar-refractivity contribution in [1.29, 1.82) is 0 Å². The van der Waals surface area contributed by atoms with Gasteiger partial charge in [0, 0.05) is 17.8 Å². The van der Waals surface area contributed by atoms with E-state index in [0.717, 1.165) is 33.9 Å². The number of nitrogens with zero attached hydrogens (tertiary/aromatic N) is 4. The molecule has 1 aliphatic heterocycles. The van der Waals surface area contributed by atoms with Gasteiger partial charge in [-0.15, -0.1) is 0 Å². The molecule has 0 unspecified atom stereocenters. The van der Waals surface area contributed by atoms with E-state index in [9.17, 15) is 4.79 Å². The Morgan fingerprint density at radius 2 is 2.19 bits per heavy atom. The highest BCUT2D eigenvalue weighted by Gasteiger charge is 2.22. The first-order valence-corrected chi connectivity index (χ1v) is 8.19. The average molecular weight is 351 g/mol. The Morgan fingerprint density at radius 1 is 1.31 bits per heavy atom. The zero-order valence-corrected chi connectivity index (χ0v) is 14.1. The smallest absolute Gasteiger partial charge is 0.404 e. The van der Waals surface area contributed by atoms with Gasteiger partial charge in [-0.1, -0.05) is 0 Å². The molecule has 1 amide bonds. The molecular formula is C18H17N5O3. The third-order valence-electron chi connectivity index (χ3n) is 4.11. The van der Waals surface area contributed by atoms with Crippen LogP contribution in [0.4, 0.5) is 16.4 Å². The van der Waals surface area contributed by atoms with E-state index in [1.165, 1.54) is 0 Å². The largest absolute Gasteiger partial charge is 0.488 e. The molecule has 8 heteroatoms. The highest BCUT2D eigenvalue weighted by Crippen LogP contribution is 2.34. The summed E-state index contributed by atoms with van der Waals surface area (Å²) in [5, 5.41) is 11.9. The Morgan fingerprint density at radius 3 is 3.04 bits per heavy atom. The highest BCUT2D eigenvalue weighted by atomic mass is 16.5. The Hall–Kier alpha value is -3.42. The minimum Gasteiger partial charge on any atom is -0.488 e. The lowest BCUT2D eigenvalue weighted by Gasteiger charge is -2.29. The minimum atomic E-state index is -1.08. The second kappa shape index (κ2) is 6.47. The minimum absolute atomic E-state index is 0.137. The second-order valence-electron chi connectivity index (χ2n) is 6.03. The van der Waals surface area contributed by atoms with Crippen LogP contribution in [0, 0.1) is 6.92 Å². The van der Waals surface area contributed by atoms with Gasteiger partial charge < -0.3 is 20.1 Å². The van der Waals surface area contributed by atoms with Gasteiger partial charge in [-0.25, -0.2) is 14.8 Å². The number of amides is 1. The molecule has 0 saturated carbocycles. The van der Waals surface area contributed by atoms with E-state index in [1.54, 1.807) is 18.5 Å². The summed E-state index contributed by atoms with van der Waals surface area (Å²) in [5.74, 6) is 2.26. The van der Waals surface area contributed by atoms with Crippen molar-refractivity contribution in [2.75, 3.05) is 18.1 Å². The average Bonchev–Trinajstić information content (AvgIpc) is 2.65. The normalized spacial score (nSPS) is 13.2. The van der Waals surface area contributed by atoms with Crippen LogP contribution in [0.5, 0.6) is 5.75 Å². The number of rotatable bonds is 3. The molecule has 8 nitrogen and oxygen atoms in total. The Kier molecular flexibility index (Phi) is 4.00. The number of aromatic nitrogens is 3. The Labute approximate surface area is 149 Å². The monoisotopic (exact) mass is 351 g/mol. The van der Waals surface area contributed by atoms with Gasteiger partial charge in [-0.2, -0.15) is 0 Å². The first kappa shape index (κ1) is 16.1. The molecule has 0 radical (unpaired) electrons. The number of carboxylic acid groups (broad SMARTS) is 1. The number of carbonyl (C=O) groups is 1. The molecule has 0 atom stereocenters. The first-order valence-electron chi connectivity index (χ1n) is 8.19. The molecule has 0 fully saturated rings. The number of hydrogen-bond acceptors (Lipinski definition) is 6. The van der Waals surface area contributed by atoms with Crippen LogP contribution in [0.3, 0.4) is 0 Å². The van der Waals surface area contributed by atoms with E-state index in [2.05, 4.69) is 15.3 Å². The van der Waals surface area contributed by atoms with E-state index >= 15 is 0 Å². The van der Waals surface area contributed by atoms with Gasteiger partial charge in [-0.3, -0.25) is 4.98 Å². The molecular weight excluding hydrogens is 334 g/mol. The summed E-state index contributed by atoms with van der Waals surface area (Å²) in [4.78, 5) is 26.2. The van der Waals surface area contributed by atoms with Crippen molar-refractivity contribution in [3.8, 4) is 5.75 Å². The zero-order valence-electron chi connectivity index (χ0n) is 14.1. The number of ether oxygens (including phenoxy) is 1. The highest BCUT2D eigenvalue weighted by molar-refractivity contribution is 5.81. The van der Waals surface area contributed by atoms with Crippen LogP contribution in [0.1, 0.15) is 11.3 Å². The van der Waals surface area contributed by atoms with Gasteiger partial charge in [0.05, 0.1) is 24.3 Å². The maximum atomic E-state index is 10.7. The van der Waals surface area contributed by atoms with Crippen LogP contribution in [0.15, 0.2) is 36.7 Å². The van der Waals surface area contributed by atoms with Crippen molar-refractivity contribution in [2.24, 2.45) is 0 Å². The van der Waals surface area contributed by atoms with Gasteiger partial charge in [0.2, 0.25) is 0 Å². The van der Waals surface area contributed by atoms with E-state index in [0.29, 0.717) is 18.8 Å². The summed E-state index contributed by atoms with van der Waals surface area (Å²) in [6.07, 6.45) is 2.42. The van der Waals surface area contributed by atoms with E-state index < -0.39 is 6.09 Å². The predicted octanol–water partition coefficient (Wildman–Crippen LogP) is 2.63. The molecule has 0 saturated heterocycles. The summed E-state index contributed by atoms with van der Waals surface area (Å²) in [6.45, 7) is 3.32. The lowest BCUT2D eigenvalue weighted by molar-refractivity contribution is 0.194. The number of aryl methyl sites for hydroxylation is 1. The first-order chi connectivity index (χ1) is 12.6. The number of fused-ring (bicyclic) bond motifs is 2. The molecule has 4 rings (SSSR count). The van der Waals surface area contributed by atoms with Crippen molar-refractivity contribution in [3.63, 3.8) is 0 Å². The molecule has 2 N–H and O–H groups in total. The number of anilines is 2. The molecule has 3 aromatic heterocycles. The molecule has 1 aliphatic rings. The maximum Gasteiger partial charge on any atom is 0.404 e. The van der Waals surface area contributed by atoms with Crippen LogP contribution >= 0.6 is 0 Å². The summed E-state index contributed by atoms with van der Waals surface area (Å²) in [6, 6.07) is 7.63.